The highest BCUT2D eigenvalue weighted by atomic mass is 16.8. The van der Waals surface area contributed by atoms with E-state index in [4.69, 9.17) is 86.7 Å². The van der Waals surface area contributed by atoms with Crippen molar-refractivity contribution in [3.8, 4) is 45.8 Å². The number of nitrogens with zero attached hydrogens (tertiary/aromatic N) is 6. The molecular formula is C42H50N8O14. The molecule has 4 N–H and O–H groups in total. The number of hydrogen-bond donors (Lipinski definition) is 4. The van der Waals surface area contributed by atoms with E-state index in [1.807, 2.05) is 12.1 Å². The molecule has 0 spiro atoms. The molecule has 9 rings (SSSR count). The molecule has 4 aromatic rings. The van der Waals surface area contributed by atoms with Gasteiger partial charge in [-0.15, -0.1) is 0 Å². The lowest BCUT2D eigenvalue weighted by Crippen LogP contribution is -2.62. The first kappa shape index (κ1) is 43.5. The van der Waals surface area contributed by atoms with E-state index in [0.29, 0.717) is 22.3 Å². The highest BCUT2D eigenvalue weighted by Gasteiger charge is 2.59. The summed E-state index contributed by atoms with van der Waals surface area (Å²) in [7, 11) is 8.73. The van der Waals surface area contributed by atoms with Crippen LogP contribution in [-0.4, -0.2) is 141 Å². The molecule has 0 fully saturated rings. The standard InChI is InChI=1S/C42H50N8O14/c1-37(53-7)39(3,55-9)61-25-23(59-37)31-44-29-21-19(15-17-51)13-14-20(16-18-52)22(21)30(43-29)45-32-24-26(62-40(4,56-10)38(2,54-8)60-24)34(47-32)49-36-28-27(35(50-36)48-33(25)46-31)63-41(5,57-11)42(6,58-12)64-28/h13-14,51-52H,15-18H2,1-12H3,(H2,43,44,45,46,47,48,49,50)/t37-,38-,39-,40-,41-,42-/m1/s1. The van der Waals surface area contributed by atoms with Crippen LogP contribution in [0.3, 0.4) is 0 Å². The van der Waals surface area contributed by atoms with E-state index in [9.17, 15) is 10.2 Å². The zero-order valence-electron chi connectivity index (χ0n) is 37.5. The van der Waals surface area contributed by atoms with Gasteiger partial charge in [0.15, 0.2) is 34.2 Å². The Balaban J connectivity index is 1.46. The predicted molar refractivity (Wildman–Crippen MR) is 222 cm³/mol. The molecule has 22 nitrogen and oxygen atoms in total. The van der Waals surface area contributed by atoms with Crippen LogP contribution in [0.2, 0.25) is 0 Å². The van der Waals surface area contributed by atoms with Gasteiger partial charge in [0.2, 0.25) is 46.2 Å². The molecule has 5 aliphatic heterocycles. The molecule has 8 heterocycles. The Kier molecular flexibility index (Phi) is 10.1. The number of benzene rings is 1. The average Bonchev–Trinajstić information content (AvgIpc) is 3.99. The van der Waals surface area contributed by atoms with E-state index in [1.165, 1.54) is 42.7 Å². The second-order valence-corrected chi connectivity index (χ2v) is 16.2. The number of aliphatic hydroxyl groups excluding tert-OH is 2. The van der Waals surface area contributed by atoms with Crippen molar-refractivity contribution in [2.24, 2.45) is 0 Å². The monoisotopic (exact) mass is 890 g/mol. The van der Waals surface area contributed by atoms with Crippen molar-refractivity contribution in [1.82, 2.24) is 39.9 Å². The van der Waals surface area contributed by atoms with E-state index < -0.39 is 34.7 Å². The highest BCUT2D eigenvalue weighted by molar-refractivity contribution is 5.90. The van der Waals surface area contributed by atoms with Crippen molar-refractivity contribution in [1.29, 1.82) is 0 Å². The van der Waals surface area contributed by atoms with Gasteiger partial charge in [-0.2, -0.15) is 0 Å². The van der Waals surface area contributed by atoms with Gasteiger partial charge >= 0.3 is 0 Å². The van der Waals surface area contributed by atoms with E-state index in [2.05, 4.69) is 9.97 Å². The lowest BCUT2D eigenvalue weighted by atomic mass is 9.93. The predicted octanol–water partition coefficient (Wildman–Crippen LogP) is 3.89. The first-order chi connectivity index (χ1) is 30.4. The third kappa shape index (κ3) is 6.07. The number of H-pyrrole nitrogens is 2. The quantitative estimate of drug-likeness (QED) is 0.155. The summed E-state index contributed by atoms with van der Waals surface area (Å²) in [5.74, 6) is -8.45. The van der Waals surface area contributed by atoms with Gasteiger partial charge in [0.1, 0.15) is 0 Å². The number of ether oxygens (including phenoxy) is 12. The van der Waals surface area contributed by atoms with Crippen molar-refractivity contribution < 1.29 is 67.1 Å². The Hall–Kier alpha value is -5.72. The third-order valence-corrected chi connectivity index (χ3v) is 12.8. The van der Waals surface area contributed by atoms with Crippen LogP contribution in [0.4, 0.5) is 0 Å². The van der Waals surface area contributed by atoms with Crippen molar-refractivity contribution in [3.63, 3.8) is 0 Å². The number of aromatic nitrogens is 8. The van der Waals surface area contributed by atoms with Gasteiger partial charge in [-0.05, 0) is 24.0 Å². The van der Waals surface area contributed by atoms with E-state index in [0.717, 1.165) is 0 Å². The van der Waals surface area contributed by atoms with Gasteiger partial charge in [0.25, 0.3) is 34.7 Å². The SMILES string of the molecule is CO[C@]1(C)OC2=C(O[C@@]1(C)OC)c1nc2nc2nc(nc3[nH]c(nc4[nH]c(n1)c1c4O[C@@](C)(OC)[C@](C)(OC)O1)c1c3O[C@@](C)(OC)[C@](C)(OC)O1)-c1c(CCO)ccc(CCO)c1-2. The molecule has 0 saturated carbocycles. The molecule has 5 aliphatic rings. The summed E-state index contributed by atoms with van der Waals surface area (Å²) >= 11 is 0. The fraction of sp³-hybridized carbons (Fsp3) is 0.524. The Morgan fingerprint density at radius 3 is 1.06 bits per heavy atom. The Morgan fingerprint density at radius 2 is 0.703 bits per heavy atom. The van der Waals surface area contributed by atoms with Crippen molar-refractivity contribution in [2.45, 2.75) is 89.1 Å². The van der Waals surface area contributed by atoms with Crippen molar-refractivity contribution in [2.75, 3.05) is 55.9 Å². The maximum atomic E-state index is 10.3. The molecule has 342 valence electrons. The van der Waals surface area contributed by atoms with E-state index >= 15 is 0 Å². The molecule has 0 aliphatic carbocycles. The molecule has 6 atom stereocenters. The number of fused-ring (bicyclic) bond motifs is 19. The maximum absolute atomic E-state index is 10.3. The molecule has 0 radical (unpaired) electrons. The molecule has 0 saturated heterocycles. The maximum Gasteiger partial charge on any atom is 0.273 e. The first-order valence-electron chi connectivity index (χ1n) is 20.3. The number of aliphatic hydroxyl groups is 2. The number of nitrogens with one attached hydrogen (secondary N) is 2. The normalized spacial score (nSPS) is 28.9. The van der Waals surface area contributed by atoms with E-state index in [1.54, 1.807) is 41.5 Å². The number of aromatic amines is 2. The van der Waals surface area contributed by atoms with Gasteiger partial charge in [0, 0.05) is 109 Å². The second kappa shape index (κ2) is 14.9. The second-order valence-electron chi connectivity index (χ2n) is 16.2. The third-order valence-electron chi connectivity index (χ3n) is 12.8. The molecule has 22 heteroatoms. The van der Waals surface area contributed by atoms with Crippen LogP contribution in [0.25, 0.3) is 56.9 Å². The van der Waals surface area contributed by atoms with Gasteiger partial charge in [-0.25, -0.2) is 29.9 Å². The Bertz CT molecular complexity index is 2780. The number of rotatable bonds is 10. The summed E-state index contributed by atoms with van der Waals surface area (Å²) in [5, 5.41) is 20.5. The van der Waals surface area contributed by atoms with Gasteiger partial charge in [-0.1, -0.05) is 12.1 Å². The summed E-state index contributed by atoms with van der Waals surface area (Å²) in [4.78, 5) is 36.4. The zero-order valence-corrected chi connectivity index (χ0v) is 37.5. The molecular weight excluding hydrogens is 841 g/mol. The molecule has 0 amide bonds. The minimum absolute atomic E-state index is 0.00194. The molecule has 8 bridgehead atoms. The smallest absolute Gasteiger partial charge is 0.273 e. The van der Waals surface area contributed by atoms with E-state index in [-0.39, 0.29) is 106 Å². The molecule has 0 unspecified atom stereocenters. The Labute approximate surface area is 366 Å². The summed E-state index contributed by atoms with van der Waals surface area (Å²) in [6.07, 6.45) is 0.464. The van der Waals surface area contributed by atoms with Crippen LogP contribution < -0.4 is 18.9 Å². The van der Waals surface area contributed by atoms with Gasteiger partial charge < -0.3 is 77.0 Å². The van der Waals surface area contributed by atoms with Crippen LogP contribution in [0.5, 0.6) is 23.0 Å². The van der Waals surface area contributed by atoms with Crippen molar-refractivity contribution in [3.05, 3.63) is 34.9 Å². The number of hydrogen-bond acceptors (Lipinski definition) is 20. The zero-order chi connectivity index (χ0) is 45.8. The van der Waals surface area contributed by atoms with Crippen LogP contribution in [-0.2, 0) is 50.7 Å². The fourth-order valence-electron chi connectivity index (χ4n) is 8.06. The lowest BCUT2D eigenvalue weighted by Gasteiger charge is -2.45. The van der Waals surface area contributed by atoms with Crippen molar-refractivity contribution >= 4 is 34.1 Å². The van der Waals surface area contributed by atoms with Crippen LogP contribution >= 0.6 is 0 Å². The highest BCUT2D eigenvalue weighted by Crippen LogP contribution is 2.53. The van der Waals surface area contributed by atoms with Gasteiger partial charge in [-0.3, -0.25) is 0 Å². The summed E-state index contributed by atoms with van der Waals surface area (Å²) in [6.45, 7) is 9.53. The molecule has 1 aromatic carbocycles. The minimum Gasteiger partial charge on any atom is -0.448 e. The topological polar surface area (TPSA) is 260 Å². The van der Waals surface area contributed by atoms with Crippen LogP contribution in [0, 0.1) is 0 Å². The average molecular weight is 891 g/mol. The van der Waals surface area contributed by atoms with Crippen LogP contribution in [0.1, 0.15) is 64.3 Å². The first-order valence-corrected chi connectivity index (χ1v) is 20.3. The lowest BCUT2D eigenvalue weighted by molar-refractivity contribution is -0.359. The fourth-order valence-corrected chi connectivity index (χ4v) is 8.06. The minimum atomic E-state index is -1.54. The number of methoxy groups -OCH3 is 6. The summed E-state index contributed by atoms with van der Waals surface area (Å²) < 4.78 is 74.8. The van der Waals surface area contributed by atoms with Crippen LogP contribution in [0.15, 0.2) is 12.1 Å². The summed E-state index contributed by atoms with van der Waals surface area (Å²) in [6, 6.07) is 3.71. The summed E-state index contributed by atoms with van der Waals surface area (Å²) in [5.41, 5.74) is 2.82. The Morgan fingerprint density at radius 1 is 0.422 bits per heavy atom. The largest absolute Gasteiger partial charge is 0.448 e. The molecule has 3 aromatic heterocycles. The molecule has 64 heavy (non-hydrogen) atoms. The van der Waals surface area contributed by atoms with Gasteiger partial charge in [0.05, 0.1) is 0 Å².